The summed E-state index contributed by atoms with van der Waals surface area (Å²) in [6.45, 7) is 9.36. The summed E-state index contributed by atoms with van der Waals surface area (Å²) in [5, 5.41) is 9.62. The van der Waals surface area contributed by atoms with Crippen LogP contribution in [0, 0.1) is 5.92 Å². The number of benzene rings is 1. The van der Waals surface area contributed by atoms with Gasteiger partial charge in [0.05, 0.1) is 25.2 Å². The first-order chi connectivity index (χ1) is 18.5. The molecule has 0 bridgehead atoms. The van der Waals surface area contributed by atoms with E-state index >= 15 is 0 Å². The Bertz CT molecular complexity index is 933. The van der Waals surface area contributed by atoms with Gasteiger partial charge in [-0.05, 0) is 43.9 Å². The summed E-state index contributed by atoms with van der Waals surface area (Å²) in [6, 6.07) is 2.85. The molecule has 1 aromatic rings. The molecule has 0 aliphatic carbocycles. The average molecular weight is 554 g/mol. The number of hydrogen-bond donors (Lipinski definition) is 2. The van der Waals surface area contributed by atoms with Crippen molar-refractivity contribution in [2.24, 2.45) is 11.7 Å². The van der Waals surface area contributed by atoms with Gasteiger partial charge < -0.3 is 34.5 Å². The highest BCUT2D eigenvalue weighted by molar-refractivity contribution is 5.75. The van der Waals surface area contributed by atoms with Crippen molar-refractivity contribution in [3.05, 3.63) is 23.8 Å². The van der Waals surface area contributed by atoms with Gasteiger partial charge >= 0.3 is 24.2 Å². The van der Waals surface area contributed by atoms with Gasteiger partial charge in [-0.1, -0.05) is 59.4 Å². The molecule has 0 aromatic heterocycles. The second kappa shape index (κ2) is 18.0. The van der Waals surface area contributed by atoms with Crippen LogP contribution in [0.25, 0.3) is 0 Å². The van der Waals surface area contributed by atoms with Crippen LogP contribution < -0.4 is 15.2 Å². The molecular weight excluding hydrogens is 510 g/mol. The van der Waals surface area contributed by atoms with Crippen molar-refractivity contribution < 1.29 is 48.0 Å². The lowest BCUT2D eigenvalue weighted by atomic mass is 9.87. The Morgan fingerprint density at radius 2 is 1.38 bits per heavy atom. The van der Waals surface area contributed by atoms with Gasteiger partial charge in [-0.3, -0.25) is 9.59 Å². The van der Waals surface area contributed by atoms with Gasteiger partial charge in [-0.2, -0.15) is 0 Å². The number of ether oxygens (including phenoxy) is 5. The van der Waals surface area contributed by atoms with Crippen molar-refractivity contribution >= 4 is 24.2 Å². The number of carboxylic acids is 1. The Hall–Kier alpha value is -3.34. The molecule has 220 valence electrons. The molecule has 11 nitrogen and oxygen atoms in total. The largest absolute Gasteiger partial charge is 0.513 e. The molecule has 0 fully saturated rings. The first kappa shape index (κ1) is 33.7. The van der Waals surface area contributed by atoms with Crippen molar-refractivity contribution in [3.63, 3.8) is 0 Å². The quantitative estimate of drug-likeness (QED) is 0.107. The minimum atomic E-state index is -1.37. The van der Waals surface area contributed by atoms with Crippen LogP contribution in [-0.4, -0.2) is 54.7 Å². The fourth-order valence-electron chi connectivity index (χ4n) is 3.58. The van der Waals surface area contributed by atoms with E-state index in [9.17, 15) is 24.3 Å². The summed E-state index contributed by atoms with van der Waals surface area (Å²) < 4.78 is 26.2. The summed E-state index contributed by atoms with van der Waals surface area (Å²) in [6.07, 6.45) is 2.40. The second-order valence-electron chi connectivity index (χ2n) is 9.63. The Labute approximate surface area is 230 Å². The monoisotopic (exact) mass is 553 g/mol. The Kier molecular flexibility index (Phi) is 15.6. The van der Waals surface area contributed by atoms with Gasteiger partial charge in [0.25, 0.3) is 0 Å². The zero-order valence-corrected chi connectivity index (χ0v) is 23.6. The fraction of sp³-hybridized carbons (Fsp3) is 0.643. The number of carbonyl (C=O) groups is 4. The molecule has 0 radical (unpaired) electrons. The van der Waals surface area contributed by atoms with Gasteiger partial charge in [-0.25, -0.2) is 9.59 Å². The van der Waals surface area contributed by atoms with E-state index in [0.717, 1.165) is 25.7 Å². The molecule has 39 heavy (non-hydrogen) atoms. The topological polar surface area (TPSA) is 161 Å². The van der Waals surface area contributed by atoms with E-state index in [1.54, 1.807) is 20.8 Å². The lowest BCUT2D eigenvalue weighted by molar-refractivity contribution is -0.152. The maximum Gasteiger partial charge on any atom is 0.513 e. The summed E-state index contributed by atoms with van der Waals surface area (Å²) in [4.78, 5) is 48.4. The predicted molar refractivity (Wildman–Crippen MR) is 143 cm³/mol. The van der Waals surface area contributed by atoms with E-state index in [1.807, 2.05) is 13.8 Å². The lowest BCUT2D eigenvalue weighted by Gasteiger charge is -2.25. The smallest absolute Gasteiger partial charge is 0.480 e. The maximum atomic E-state index is 12.4. The molecule has 3 N–H and O–H groups in total. The van der Waals surface area contributed by atoms with E-state index in [2.05, 4.69) is 0 Å². The number of carboxylic acid groups (broad SMARTS) is 1. The summed E-state index contributed by atoms with van der Waals surface area (Å²) in [5.74, 6) is -3.19. The molecule has 0 spiro atoms. The molecule has 11 heteroatoms. The summed E-state index contributed by atoms with van der Waals surface area (Å²) in [7, 11) is 0. The zero-order valence-electron chi connectivity index (χ0n) is 23.6. The SMILES string of the molecule is CCCCCOC(=O)Oc1ccc(C(CC(C)OC(=O)C(C)C)[C@H](N)C(=O)O)cc1OC(=O)OCCCCC. The van der Waals surface area contributed by atoms with E-state index in [-0.39, 0.29) is 37.1 Å². The molecule has 0 aliphatic rings. The van der Waals surface area contributed by atoms with Crippen molar-refractivity contribution in [3.8, 4) is 11.5 Å². The number of unbranched alkanes of at least 4 members (excludes halogenated alkanes) is 4. The molecule has 1 rings (SSSR count). The third kappa shape index (κ3) is 12.8. The van der Waals surface area contributed by atoms with E-state index in [0.29, 0.717) is 18.4 Å². The van der Waals surface area contributed by atoms with E-state index < -0.39 is 42.3 Å². The molecule has 0 aliphatic heterocycles. The van der Waals surface area contributed by atoms with E-state index in [4.69, 9.17) is 29.4 Å². The molecule has 2 unspecified atom stereocenters. The van der Waals surface area contributed by atoms with Crippen LogP contribution in [-0.2, 0) is 23.8 Å². The standard InChI is InChI=1S/C28H43NO10/c1-6-8-10-14-35-27(33)38-22-13-12-20(17-23(22)39-28(34)36-15-11-9-7-2)21(24(29)25(30)31)16-19(5)37-26(32)18(3)4/h12-13,17-19,21,24H,6-11,14-16,29H2,1-5H3,(H,30,31)/t19?,21?,24-/m0/s1. The van der Waals surface area contributed by atoms with Crippen molar-refractivity contribution in [2.45, 2.75) is 97.6 Å². The molecule has 0 saturated carbocycles. The number of aliphatic carboxylic acids is 1. The van der Waals surface area contributed by atoms with Gasteiger partial charge in [-0.15, -0.1) is 0 Å². The number of esters is 1. The van der Waals surface area contributed by atoms with Crippen molar-refractivity contribution in [2.75, 3.05) is 13.2 Å². The van der Waals surface area contributed by atoms with Crippen LogP contribution in [0.1, 0.15) is 91.0 Å². The Morgan fingerprint density at radius 1 is 0.846 bits per heavy atom. The number of nitrogens with two attached hydrogens (primary N) is 1. The maximum absolute atomic E-state index is 12.4. The van der Waals surface area contributed by atoms with Gasteiger partial charge in [0.1, 0.15) is 6.04 Å². The van der Waals surface area contributed by atoms with Gasteiger partial charge in [0.15, 0.2) is 11.5 Å². The molecule has 0 heterocycles. The van der Waals surface area contributed by atoms with Crippen molar-refractivity contribution in [1.82, 2.24) is 0 Å². The molecule has 3 atom stereocenters. The molecular formula is C28H43NO10. The van der Waals surface area contributed by atoms with E-state index in [1.165, 1.54) is 18.2 Å². The molecule has 0 amide bonds. The number of carbonyl (C=O) groups excluding carboxylic acids is 3. The highest BCUT2D eigenvalue weighted by Crippen LogP contribution is 2.35. The van der Waals surface area contributed by atoms with Crippen LogP contribution >= 0.6 is 0 Å². The molecule has 1 aromatic carbocycles. The number of hydrogen-bond acceptors (Lipinski definition) is 10. The van der Waals surface area contributed by atoms with Gasteiger partial charge in [0, 0.05) is 5.92 Å². The third-order valence-electron chi connectivity index (χ3n) is 5.81. The Morgan fingerprint density at radius 3 is 1.87 bits per heavy atom. The average Bonchev–Trinajstić information content (AvgIpc) is 2.88. The fourth-order valence-corrected chi connectivity index (χ4v) is 3.58. The third-order valence-corrected chi connectivity index (χ3v) is 5.81. The Balaban J connectivity index is 3.23. The predicted octanol–water partition coefficient (Wildman–Crippen LogP) is 5.57. The van der Waals surface area contributed by atoms with Gasteiger partial charge in [0.2, 0.25) is 0 Å². The normalized spacial score (nSPS) is 13.2. The number of rotatable bonds is 17. The molecule has 0 saturated heterocycles. The van der Waals surface area contributed by atoms with Crippen LogP contribution in [0.3, 0.4) is 0 Å². The van der Waals surface area contributed by atoms with Crippen LogP contribution in [0.5, 0.6) is 11.5 Å². The van der Waals surface area contributed by atoms with Crippen LogP contribution in [0.2, 0.25) is 0 Å². The zero-order chi connectivity index (χ0) is 29.4. The van der Waals surface area contributed by atoms with Crippen LogP contribution in [0.4, 0.5) is 9.59 Å². The van der Waals surface area contributed by atoms with Crippen molar-refractivity contribution in [1.29, 1.82) is 0 Å². The minimum absolute atomic E-state index is 0.0759. The second-order valence-corrected chi connectivity index (χ2v) is 9.63. The lowest BCUT2D eigenvalue weighted by Crippen LogP contribution is -2.38. The first-order valence-corrected chi connectivity index (χ1v) is 13.5. The van der Waals surface area contributed by atoms with Crippen LogP contribution in [0.15, 0.2) is 18.2 Å². The highest BCUT2D eigenvalue weighted by atomic mass is 16.7. The highest BCUT2D eigenvalue weighted by Gasteiger charge is 2.30. The first-order valence-electron chi connectivity index (χ1n) is 13.5. The summed E-state index contributed by atoms with van der Waals surface area (Å²) >= 11 is 0. The summed E-state index contributed by atoms with van der Waals surface area (Å²) in [5.41, 5.74) is 6.37. The minimum Gasteiger partial charge on any atom is -0.480 e.